The Kier molecular flexibility index (Phi) is 6.84. The Bertz CT molecular complexity index is 358. The average Bonchev–Trinajstić information content (AvgIpc) is 2.49. The van der Waals surface area contributed by atoms with Crippen molar-refractivity contribution in [1.29, 1.82) is 0 Å². The van der Waals surface area contributed by atoms with Crippen LogP contribution in [0.2, 0.25) is 0 Å². The molecule has 0 aromatic rings. The highest BCUT2D eigenvalue weighted by molar-refractivity contribution is 8.00. The Morgan fingerprint density at radius 2 is 1.86 bits per heavy atom. The maximum atomic E-state index is 12.4. The van der Waals surface area contributed by atoms with Crippen molar-refractivity contribution in [3.63, 3.8) is 0 Å². The fraction of sp³-hybridized carbons (Fsp3) is 0.938. The van der Waals surface area contributed by atoms with E-state index in [0.29, 0.717) is 11.2 Å². The second kappa shape index (κ2) is 8.41. The summed E-state index contributed by atoms with van der Waals surface area (Å²) in [7, 11) is 2.17. The molecule has 0 radical (unpaired) electrons. The molecule has 22 heavy (non-hydrogen) atoms. The summed E-state index contributed by atoms with van der Waals surface area (Å²) in [5, 5.41) is 3.77. The van der Waals surface area contributed by atoms with Gasteiger partial charge in [-0.05, 0) is 19.9 Å². The van der Waals surface area contributed by atoms with Crippen LogP contribution in [-0.2, 0) is 0 Å². The summed E-state index contributed by atoms with van der Waals surface area (Å²) in [6.07, 6.45) is 0. The van der Waals surface area contributed by atoms with Crippen LogP contribution >= 0.6 is 11.8 Å². The second-order valence-corrected chi connectivity index (χ2v) is 8.40. The van der Waals surface area contributed by atoms with E-state index in [1.54, 1.807) is 0 Å². The summed E-state index contributed by atoms with van der Waals surface area (Å²) in [5.74, 6) is 1.69. The van der Waals surface area contributed by atoms with Crippen molar-refractivity contribution in [2.45, 2.75) is 32.1 Å². The molecular formula is C16H32N4OS. The number of carbonyl (C=O) groups is 1. The lowest BCUT2D eigenvalue weighted by atomic mass is 10.1. The van der Waals surface area contributed by atoms with Crippen LogP contribution < -0.4 is 5.32 Å². The van der Waals surface area contributed by atoms with Gasteiger partial charge in [0.2, 0.25) is 0 Å². The maximum Gasteiger partial charge on any atom is 0.317 e. The minimum atomic E-state index is 0.118. The monoisotopic (exact) mass is 328 g/mol. The number of thioether (sulfide) groups is 1. The number of nitrogens with one attached hydrogen (secondary N) is 1. The van der Waals surface area contributed by atoms with Gasteiger partial charge in [-0.1, -0.05) is 13.8 Å². The Hall–Kier alpha value is -0.460. The zero-order chi connectivity index (χ0) is 16.1. The largest absolute Gasteiger partial charge is 0.334 e. The van der Waals surface area contributed by atoms with E-state index in [1.807, 2.05) is 16.7 Å². The molecule has 2 aliphatic rings. The fourth-order valence-electron chi connectivity index (χ4n) is 3.03. The average molecular weight is 329 g/mol. The summed E-state index contributed by atoms with van der Waals surface area (Å²) < 4.78 is 0. The van der Waals surface area contributed by atoms with E-state index < -0.39 is 0 Å². The van der Waals surface area contributed by atoms with Gasteiger partial charge in [0.1, 0.15) is 0 Å². The summed E-state index contributed by atoms with van der Waals surface area (Å²) in [6.45, 7) is 13.8. The fourth-order valence-corrected chi connectivity index (χ4v) is 4.33. The minimum Gasteiger partial charge on any atom is -0.334 e. The molecule has 2 heterocycles. The van der Waals surface area contributed by atoms with E-state index >= 15 is 0 Å². The summed E-state index contributed by atoms with van der Waals surface area (Å²) >= 11 is 2.01. The van der Waals surface area contributed by atoms with E-state index in [1.165, 1.54) is 0 Å². The second-order valence-electron chi connectivity index (χ2n) is 7.05. The molecule has 2 rings (SSSR count). The van der Waals surface area contributed by atoms with Crippen LogP contribution in [-0.4, -0.2) is 90.6 Å². The number of amides is 2. The number of hydrogen-bond acceptors (Lipinski definition) is 4. The summed E-state index contributed by atoms with van der Waals surface area (Å²) in [6, 6.07) is 0.329. The van der Waals surface area contributed by atoms with Gasteiger partial charge < -0.3 is 15.1 Å². The van der Waals surface area contributed by atoms with Crippen LogP contribution in [0.3, 0.4) is 0 Å². The first-order valence-electron chi connectivity index (χ1n) is 8.53. The molecule has 2 saturated heterocycles. The number of urea groups is 1. The molecule has 5 nitrogen and oxygen atoms in total. The molecule has 2 aliphatic heterocycles. The highest BCUT2D eigenvalue weighted by atomic mass is 32.2. The molecule has 128 valence electrons. The van der Waals surface area contributed by atoms with Gasteiger partial charge in [-0.2, -0.15) is 11.8 Å². The van der Waals surface area contributed by atoms with Gasteiger partial charge in [0.25, 0.3) is 0 Å². The number of likely N-dealkylation sites (N-methyl/N-ethyl adjacent to an activating group) is 1. The zero-order valence-electron chi connectivity index (χ0n) is 14.5. The van der Waals surface area contributed by atoms with Crippen molar-refractivity contribution < 1.29 is 4.79 Å². The first-order valence-corrected chi connectivity index (χ1v) is 9.58. The smallest absolute Gasteiger partial charge is 0.317 e. The summed E-state index contributed by atoms with van der Waals surface area (Å²) in [5.41, 5.74) is 0. The molecule has 0 unspecified atom stereocenters. The molecule has 0 aliphatic carbocycles. The molecule has 2 fully saturated rings. The normalized spacial score (nSPS) is 26.2. The first-order chi connectivity index (χ1) is 10.5. The minimum absolute atomic E-state index is 0.118. The number of rotatable bonds is 4. The highest BCUT2D eigenvalue weighted by Crippen LogP contribution is 2.24. The molecule has 0 saturated carbocycles. The molecule has 1 N–H and O–H groups in total. The van der Waals surface area contributed by atoms with E-state index in [9.17, 15) is 4.79 Å². The number of nitrogens with zero attached hydrogens (tertiary/aromatic N) is 3. The van der Waals surface area contributed by atoms with Crippen LogP contribution in [0.25, 0.3) is 0 Å². The standard InChI is InChI=1S/C16H32N4OS/c1-13(2)15-12-20(9-10-22-15)16(21)17-14(3)11-19-7-5-18(4)6-8-19/h13-15H,5-12H2,1-4H3,(H,17,21)/t14-,15-/m0/s1. The third-order valence-corrected chi connectivity index (χ3v) is 6.16. The van der Waals surface area contributed by atoms with Gasteiger partial charge in [0, 0.05) is 62.9 Å². The predicted molar refractivity (Wildman–Crippen MR) is 94.6 cm³/mol. The van der Waals surface area contributed by atoms with Crippen molar-refractivity contribution in [2.24, 2.45) is 5.92 Å². The van der Waals surface area contributed by atoms with Gasteiger partial charge in [0.05, 0.1) is 0 Å². The zero-order valence-corrected chi connectivity index (χ0v) is 15.4. The van der Waals surface area contributed by atoms with Crippen LogP contribution in [0.5, 0.6) is 0 Å². The Labute approximate surface area is 139 Å². The molecule has 0 aromatic carbocycles. The summed E-state index contributed by atoms with van der Waals surface area (Å²) in [4.78, 5) is 19.3. The molecule has 2 atom stereocenters. The Balaban J connectivity index is 1.73. The predicted octanol–water partition coefficient (Wildman–Crippen LogP) is 1.41. The van der Waals surface area contributed by atoms with Crippen molar-refractivity contribution in [3.05, 3.63) is 0 Å². The quantitative estimate of drug-likeness (QED) is 0.847. The van der Waals surface area contributed by atoms with Gasteiger partial charge in [-0.25, -0.2) is 4.79 Å². The lowest BCUT2D eigenvalue weighted by Crippen LogP contribution is -2.53. The van der Waals surface area contributed by atoms with Crippen molar-refractivity contribution in [3.8, 4) is 0 Å². The van der Waals surface area contributed by atoms with E-state index in [2.05, 4.69) is 42.9 Å². The number of hydrogen-bond donors (Lipinski definition) is 1. The van der Waals surface area contributed by atoms with Gasteiger partial charge >= 0.3 is 6.03 Å². The highest BCUT2D eigenvalue weighted by Gasteiger charge is 2.27. The molecule has 0 spiro atoms. The Morgan fingerprint density at radius 3 is 2.50 bits per heavy atom. The van der Waals surface area contributed by atoms with Gasteiger partial charge in [-0.15, -0.1) is 0 Å². The first kappa shape index (κ1) is 17.9. The number of carbonyl (C=O) groups excluding carboxylic acids is 1. The van der Waals surface area contributed by atoms with Crippen LogP contribution in [0.4, 0.5) is 4.79 Å². The van der Waals surface area contributed by atoms with Crippen molar-refractivity contribution in [1.82, 2.24) is 20.0 Å². The van der Waals surface area contributed by atoms with Gasteiger partial charge in [-0.3, -0.25) is 4.90 Å². The molecule has 2 amide bonds. The van der Waals surface area contributed by atoms with E-state index in [4.69, 9.17) is 0 Å². The molecular weight excluding hydrogens is 296 g/mol. The van der Waals surface area contributed by atoms with Gasteiger partial charge in [0.15, 0.2) is 0 Å². The molecule has 0 bridgehead atoms. The van der Waals surface area contributed by atoms with Crippen LogP contribution in [0, 0.1) is 5.92 Å². The van der Waals surface area contributed by atoms with Crippen LogP contribution in [0.1, 0.15) is 20.8 Å². The van der Waals surface area contributed by atoms with Crippen LogP contribution in [0.15, 0.2) is 0 Å². The molecule has 0 aromatic heterocycles. The molecule has 6 heteroatoms. The lowest BCUT2D eigenvalue weighted by Gasteiger charge is -2.36. The third kappa shape index (κ3) is 5.32. The van der Waals surface area contributed by atoms with E-state index in [-0.39, 0.29) is 12.1 Å². The maximum absolute atomic E-state index is 12.4. The van der Waals surface area contributed by atoms with Crippen molar-refractivity contribution in [2.75, 3.05) is 58.6 Å². The van der Waals surface area contributed by atoms with E-state index in [0.717, 1.165) is 51.6 Å². The topological polar surface area (TPSA) is 38.8 Å². The third-order valence-electron chi connectivity index (χ3n) is 4.62. The SMILES string of the molecule is CC(C)[C@@H]1CN(C(=O)N[C@@H](C)CN2CCN(C)CC2)CCS1. The Morgan fingerprint density at radius 1 is 1.18 bits per heavy atom. The van der Waals surface area contributed by atoms with Crippen molar-refractivity contribution >= 4 is 17.8 Å². The number of piperazine rings is 1. The lowest BCUT2D eigenvalue weighted by molar-refractivity contribution is 0.141.